The molecule has 160 valence electrons. The van der Waals surface area contributed by atoms with E-state index in [0.717, 1.165) is 37.6 Å². The lowest BCUT2D eigenvalue weighted by molar-refractivity contribution is 0.305. The molecule has 0 saturated carbocycles. The van der Waals surface area contributed by atoms with Crippen molar-refractivity contribution in [3.63, 3.8) is 0 Å². The fourth-order valence-electron chi connectivity index (χ4n) is 3.68. The molecule has 2 nitrogen and oxygen atoms in total. The van der Waals surface area contributed by atoms with Crippen LogP contribution in [0.4, 0.5) is 0 Å². The highest BCUT2D eigenvalue weighted by molar-refractivity contribution is 5.88. The van der Waals surface area contributed by atoms with Crippen LogP contribution in [0.15, 0.2) is 60.7 Å². The Morgan fingerprint density at radius 2 is 1.07 bits per heavy atom. The van der Waals surface area contributed by atoms with Crippen molar-refractivity contribution in [3.05, 3.63) is 60.7 Å². The largest absolute Gasteiger partial charge is 0.494 e. The average Bonchev–Trinajstić information content (AvgIpc) is 2.79. The van der Waals surface area contributed by atoms with Crippen molar-refractivity contribution in [1.29, 1.82) is 0 Å². The molecule has 0 radical (unpaired) electrons. The number of unbranched alkanes of at least 4 members (excludes halogenated alkanes) is 6. The van der Waals surface area contributed by atoms with Crippen LogP contribution in [0.1, 0.15) is 65.2 Å². The van der Waals surface area contributed by atoms with Gasteiger partial charge >= 0.3 is 0 Å². The molecular weight excluding hydrogens is 368 g/mol. The maximum Gasteiger partial charge on any atom is 0.119 e. The Labute approximate surface area is 182 Å². The van der Waals surface area contributed by atoms with Crippen molar-refractivity contribution in [1.82, 2.24) is 0 Å². The number of rotatable bonds is 13. The molecule has 0 fully saturated rings. The molecule has 0 bridgehead atoms. The van der Waals surface area contributed by atoms with Crippen molar-refractivity contribution in [2.24, 2.45) is 0 Å². The van der Waals surface area contributed by atoms with Gasteiger partial charge in [-0.05, 0) is 65.1 Å². The van der Waals surface area contributed by atoms with Crippen LogP contribution >= 0.6 is 0 Å². The Hall–Kier alpha value is -2.48. The molecule has 0 saturated heterocycles. The van der Waals surface area contributed by atoms with Crippen LogP contribution in [0.25, 0.3) is 21.9 Å². The number of hydrogen-bond donors (Lipinski definition) is 0. The molecule has 3 aromatic carbocycles. The third-order valence-electron chi connectivity index (χ3n) is 5.53. The van der Waals surface area contributed by atoms with E-state index in [4.69, 9.17) is 9.47 Å². The van der Waals surface area contributed by atoms with Gasteiger partial charge in [0.05, 0.1) is 13.2 Å². The van der Waals surface area contributed by atoms with Crippen molar-refractivity contribution in [3.8, 4) is 22.6 Å². The molecule has 3 rings (SSSR count). The molecule has 2 heteroatoms. The second-order valence-corrected chi connectivity index (χ2v) is 8.07. The second-order valence-electron chi connectivity index (χ2n) is 8.07. The van der Waals surface area contributed by atoms with Crippen LogP contribution in [-0.2, 0) is 0 Å². The Balaban J connectivity index is 1.61. The summed E-state index contributed by atoms with van der Waals surface area (Å²) in [5.41, 5.74) is 2.43. The summed E-state index contributed by atoms with van der Waals surface area (Å²) < 4.78 is 11.8. The molecular formula is C28H36O2. The maximum absolute atomic E-state index is 5.97. The number of hydrogen-bond acceptors (Lipinski definition) is 2. The monoisotopic (exact) mass is 404 g/mol. The van der Waals surface area contributed by atoms with Crippen LogP contribution < -0.4 is 9.47 Å². The quantitative estimate of drug-likeness (QED) is 0.266. The number of fused-ring (bicyclic) bond motifs is 1. The maximum atomic E-state index is 5.97. The van der Waals surface area contributed by atoms with E-state index in [1.54, 1.807) is 0 Å². The van der Waals surface area contributed by atoms with E-state index >= 15 is 0 Å². The summed E-state index contributed by atoms with van der Waals surface area (Å²) in [5, 5.41) is 2.46. The molecule has 30 heavy (non-hydrogen) atoms. The van der Waals surface area contributed by atoms with Gasteiger partial charge in [-0.25, -0.2) is 0 Å². The first-order valence-electron chi connectivity index (χ1n) is 11.7. The van der Waals surface area contributed by atoms with Gasteiger partial charge in [-0.2, -0.15) is 0 Å². The minimum atomic E-state index is 0.797. The van der Waals surface area contributed by atoms with E-state index in [9.17, 15) is 0 Å². The molecule has 0 aliphatic carbocycles. The lowest BCUT2D eigenvalue weighted by Crippen LogP contribution is -1.97. The predicted molar refractivity (Wildman–Crippen MR) is 129 cm³/mol. The third-order valence-corrected chi connectivity index (χ3v) is 5.53. The summed E-state index contributed by atoms with van der Waals surface area (Å²) in [6.45, 7) is 6.06. The number of benzene rings is 3. The normalized spacial score (nSPS) is 11.0. The summed E-state index contributed by atoms with van der Waals surface area (Å²) in [5.74, 6) is 1.91. The van der Waals surface area contributed by atoms with E-state index in [0.29, 0.717) is 0 Å². The summed E-state index contributed by atoms with van der Waals surface area (Å²) in [4.78, 5) is 0. The molecule has 0 heterocycles. The first-order valence-corrected chi connectivity index (χ1v) is 11.7. The fourth-order valence-corrected chi connectivity index (χ4v) is 3.68. The van der Waals surface area contributed by atoms with Crippen LogP contribution in [0, 0.1) is 0 Å². The van der Waals surface area contributed by atoms with Gasteiger partial charge in [0.25, 0.3) is 0 Å². The van der Waals surface area contributed by atoms with Crippen LogP contribution in [0.5, 0.6) is 11.5 Å². The second kappa shape index (κ2) is 12.3. The zero-order chi connectivity index (χ0) is 21.0. The highest BCUT2D eigenvalue weighted by Gasteiger charge is 2.03. The van der Waals surface area contributed by atoms with Gasteiger partial charge in [0.2, 0.25) is 0 Å². The van der Waals surface area contributed by atoms with Gasteiger partial charge in [-0.15, -0.1) is 0 Å². The molecule has 0 aliphatic rings. The Morgan fingerprint density at radius 1 is 0.500 bits per heavy atom. The average molecular weight is 405 g/mol. The molecule has 0 unspecified atom stereocenters. The summed E-state index contributed by atoms with van der Waals surface area (Å²) in [6.07, 6.45) is 9.83. The van der Waals surface area contributed by atoms with Crippen LogP contribution in [0.2, 0.25) is 0 Å². The topological polar surface area (TPSA) is 18.5 Å². The molecule has 0 aromatic heterocycles. The van der Waals surface area contributed by atoms with Crippen LogP contribution in [0.3, 0.4) is 0 Å². The Kier molecular flexibility index (Phi) is 9.08. The standard InChI is InChI=1S/C28H36O2/c1-3-5-7-9-19-29-27-16-13-23(14-17-27)25-12-11-24-15-18-28(22-26(24)21-25)30-20-10-8-6-4-2/h11-18,21-22H,3-10,19-20H2,1-2H3. The highest BCUT2D eigenvalue weighted by atomic mass is 16.5. The molecule has 0 amide bonds. The lowest BCUT2D eigenvalue weighted by Gasteiger charge is -2.10. The zero-order valence-corrected chi connectivity index (χ0v) is 18.7. The van der Waals surface area contributed by atoms with Gasteiger partial charge in [0.15, 0.2) is 0 Å². The van der Waals surface area contributed by atoms with Crippen molar-refractivity contribution < 1.29 is 9.47 Å². The highest BCUT2D eigenvalue weighted by Crippen LogP contribution is 2.28. The first kappa shape index (κ1) is 22.2. The van der Waals surface area contributed by atoms with Gasteiger partial charge in [0.1, 0.15) is 11.5 Å². The van der Waals surface area contributed by atoms with Gasteiger partial charge in [-0.1, -0.05) is 82.7 Å². The lowest BCUT2D eigenvalue weighted by atomic mass is 10.0. The van der Waals surface area contributed by atoms with Crippen molar-refractivity contribution in [2.45, 2.75) is 65.2 Å². The van der Waals surface area contributed by atoms with Crippen LogP contribution in [-0.4, -0.2) is 13.2 Å². The van der Waals surface area contributed by atoms with Gasteiger partial charge < -0.3 is 9.47 Å². The smallest absolute Gasteiger partial charge is 0.119 e. The Morgan fingerprint density at radius 3 is 1.73 bits per heavy atom. The van der Waals surface area contributed by atoms with E-state index in [1.807, 2.05) is 0 Å². The van der Waals surface area contributed by atoms with E-state index in [1.165, 1.54) is 60.4 Å². The predicted octanol–water partition coefficient (Wildman–Crippen LogP) is 8.43. The van der Waals surface area contributed by atoms with Crippen molar-refractivity contribution >= 4 is 10.8 Å². The van der Waals surface area contributed by atoms with Gasteiger partial charge in [-0.3, -0.25) is 0 Å². The van der Waals surface area contributed by atoms with E-state index in [-0.39, 0.29) is 0 Å². The van der Waals surface area contributed by atoms with Crippen molar-refractivity contribution in [2.75, 3.05) is 13.2 Å². The molecule has 0 spiro atoms. The SMILES string of the molecule is CCCCCCOc1ccc(-c2ccc3ccc(OCCCCCC)cc3c2)cc1. The molecule has 0 atom stereocenters. The molecule has 0 N–H and O–H groups in total. The first-order chi connectivity index (χ1) is 14.8. The minimum absolute atomic E-state index is 0.797. The zero-order valence-electron chi connectivity index (χ0n) is 18.7. The third kappa shape index (κ3) is 6.79. The molecule has 0 aliphatic heterocycles. The fraction of sp³-hybridized carbons (Fsp3) is 0.429. The molecule has 3 aromatic rings. The van der Waals surface area contributed by atoms with E-state index < -0.39 is 0 Å². The Bertz CT molecular complexity index is 883. The summed E-state index contributed by atoms with van der Waals surface area (Å²) >= 11 is 0. The minimum Gasteiger partial charge on any atom is -0.494 e. The summed E-state index contributed by atoms with van der Waals surface area (Å²) in [6, 6.07) is 21.5. The summed E-state index contributed by atoms with van der Waals surface area (Å²) in [7, 11) is 0. The van der Waals surface area contributed by atoms with E-state index in [2.05, 4.69) is 74.5 Å². The number of ether oxygens (including phenoxy) is 2. The van der Waals surface area contributed by atoms with Gasteiger partial charge in [0, 0.05) is 0 Å².